The van der Waals surface area contributed by atoms with E-state index in [0.29, 0.717) is 0 Å². The molecule has 0 aromatic rings. The van der Waals surface area contributed by atoms with Gasteiger partial charge in [-0.15, -0.1) is 0 Å². The molecular formula is C14H28N2O3. The maximum Gasteiger partial charge on any atom is 0.410 e. The first kappa shape index (κ1) is 16.2. The molecule has 5 heteroatoms. The molecule has 1 rings (SSSR count). The lowest BCUT2D eigenvalue weighted by atomic mass is 10.0. The molecule has 0 aromatic carbocycles. The van der Waals surface area contributed by atoms with Crippen molar-refractivity contribution in [3.63, 3.8) is 0 Å². The van der Waals surface area contributed by atoms with Crippen LogP contribution < -0.4 is 5.32 Å². The second kappa shape index (κ2) is 7.70. The molecule has 2 N–H and O–H groups in total. The molecule has 0 radical (unpaired) electrons. The molecule has 19 heavy (non-hydrogen) atoms. The van der Waals surface area contributed by atoms with Crippen molar-refractivity contribution in [2.75, 3.05) is 26.2 Å². The monoisotopic (exact) mass is 272 g/mol. The molecule has 1 saturated heterocycles. The van der Waals surface area contributed by atoms with Crippen LogP contribution in [0.4, 0.5) is 4.79 Å². The number of hydrogen-bond acceptors (Lipinski definition) is 4. The topological polar surface area (TPSA) is 61.8 Å². The fourth-order valence-corrected chi connectivity index (χ4v) is 2.25. The minimum atomic E-state index is -0.441. The van der Waals surface area contributed by atoms with Crippen molar-refractivity contribution >= 4 is 6.09 Å². The summed E-state index contributed by atoms with van der Waals surface area (Å²) in [6.07, 6.45) is 3.77. The zero-order valence-corrected chi connectivity index (χ0v) is 12.4. The van der Waals surface area contributed by atoms with Crippen molar-refractivity contribution in [1.82, 2.24) is 10.2 Å². The first-order chi connectivity index (χ1) is 8.94. The number of nitrogens with one attached hydrogen (secondary N) is 1. The molecule has 1 atom stereocenters. The summed E-state index contributed by atoms with van der Waals surface area (Å²) >= 11 is 0. The summed E-state index contributed by atoms with van der Waals surface area (Å²) in [6, 6.07) is 0.210. The van der Waals surface area contributed by atoms with Crippen molar-refractivity contribution in [1.29, 1.82) is 0 Å². The van der Waals surface area contributed by atoms with Gasteiger partial charge in [-0.05, 0) is 53.0 Å². The molecular weight excluding hydrogens is 244 g/mol. The van der Waals surface area contributed by atoms with Crippen LogP contribution in [-0.2, 0) is 4.74 Å². The Morgan fingerprint density at radius 3 is 2.79 bits per heavy atom. The maximum atomic E-state index is 12.1. The number of ether oxygens (including phenoxy) is 1. The maximum absolute atomic E-state index is 12.1. The van der Waals surface area contributed by atoms with Crippen LogP contribution in [0, 0.1) is 0 Å². The predicted molar refractivity (Wildman–Crippen MR) is 75.2 cm³/mol. The van der Waals surface area contributed by atoms with Crippen LogP contribution in [0.15, 0.2) is 0 Å². The third-order valence-corrected chi connectivity index (χ3v) is 3.15. The van der Waals surface area contributed by atoms with Crippen LogP contribution in [0.3, 0.4) is 0 Å². The van der Waals surface area contributed by atoms with E-state index in [9.17, 15) is 4.79 Å². The Morgan fingerprint density at radius 1 is 1.42 bits per heavy atom. The highest BCUT2D eigenvalue weighted by Gasteiger charge is 2.29. The van der Waals surface area contributed by atoms with Crippen molar-refractivity contribution in [3.8, 4) is 0 Å². The summed E-state index contributed by atoms with van der Waals surface area (Å²) < 4.78 is 5.45. The van der Waals surface area contributed by atoms with E-state index in [2.05, 4.69) is 5.32 Å². The second-order valence-electron chi connectivity index (χ2n) is 6.10. The molecule has 1 aliphatic heterocycles. The van der Waals surface area contributed by atoms with E-state index in [1.807, 2.05) is 25.7 Å². The Bertz CT molecular complexity index is 276. The quantitative estimate of drug-likeness (QED) is 0.749. The summed E-state index contributed by atoms with van der Waals surface area (Å²) in [5.41, 5.74) is -0.441. The number of carbonyl (C=O) groups is 1. The van der Waals surface area contributed by atoms with Crippen LogP contribution in [-0.4, -0.2) is 54.0 Å². The summed E-state index contributed by atoms with van der Waals surface area (Å²) in [4.78, 5) is 14.0. The summed E-state index contributed by atoms with van der Waals surface area (Å²) in [7, 11) is 0. The van der Waals surface area contributed by atoms with Crippen molar-refractivity contribution in [3.05, 3.63) is 0 Å². The normalized spacial score (nSPS) is 20.4. The number of piperidine rings is 1. The molecule has 0 spiro atoms. The van der Waals surface area contributed by atoms with Crippen LogP contribution in [0.5, 0.6) is 0 Å². The zero-order chi connectivity index (χ0) is 14.3. The summed E-state index contributed by atoms with van der Waals surface area (Å²) in [5, 5.41) is 12.0. The number of amides is 1. The Morgan fingerprint density at radius 2 is 2.16 bits per heavy atom. The first-order valence-corrected chi connectivity index (χ1v) is 7.25. The van der Waals surface area contributed by atoms with Gasteiger partial charge in [-0.3, -0.25) is 0 Å². The van der Waals surface area contributed by atoms with Gasteiger partial charge in [0.05, 0.1) is 0 Å². The van der Waals surface area contributed by atoms with Gasteiger partial charge >= 0.3 is 6.09 Å². The van der Waals surface area contributed by atoms with Crippen LogP contribution in [0.2, 0.25) is 0 Å². The van der Waals surface area contributed by atoms with Crippen molar-refractivity contribution in [2.24, 2.45) is 0 Å². The molecule has 1 heterocycles. The number of carbonyl (C=O) groups excluding carboxylic acids is 1. The van der Waals surface area contributed by atoms with E-state index < -0.39 is 5.60 Å². The third kappa shape index (κ3) is 6.25. The number of nitrogens with zero attached hydrogens (tertiary/aromatic N) is 1. The molecule has 0 saturated carbocycles. The Hall–Kier alpha value is -0.810. The van der Waals surface area contributed by atoms with Crippen LogP contribution in [0.25, 0.3) is 0 Å². The van der Waals surface area contributed by atoms with Gasteiger partial charge in [0, 0.05) is 25.7 Å². The lowest BCUT2D eigenvalue weighted by molar-refractivity contribution is 0.00994. The molecule has 1 fully saturated rings. The Kier molecular flexibility index (Phi) is 6.58. The van der Waals surface area contributed by atoms with Crippen molar-refractivity contribution in [2.45, 2.75) is 58.1 Å². The fraction of sp³-hybridized carbons (Fsp3) is 0.929. The summed E-state index contributed by atoms with van der Waals surface area (Å²) in [5.74, 6) is 0. The number of aliphatic hydroxyl groups is 1. The largest absolute Gasteiger partial charge is 0.444 e. The van der Waals surface area contributed by atoms with Gasteiger partial charge in [-0.2, -0.15) is 0 Å². The number of rotatable bonds is 5. The van der Waals surface area contributed by atoms with Gasteiger partial charge in [-0.25, -0.2) is 4.79 Å². The highest BCUT2D eigenvalue weighted by atomic mass is 16.6. The standard InChI is InChI=1S/C14H28N2O3/c1-14(2,3)19-13(18)16-9-5-4-7-12(16)11-15-8-6-10-17/h12,15,17H,4-11H2,1-3H3. The number of likely N-dealkylation sites (tertiary alicyclic amines) is 1. The molecule has 1 amide bonds. The molecule has 5 nitrogen and oxygen atoms in total. The lowest BCUT2D eigenvalue weighted by Crippen LogP contribution is -2.50. The number of hydrogen-bond donors (Lipinski definition) is 2. The Balaban J connectivity index is 2.45. The lowest BCUT2D eigenvalue weighted by Gasteiger charge is -2.36. The van der Waals surface area contributed by atoms with E-state index in [4.69, 9.17) is 9.84 Å². The Labute approximate surface area is 116 Å². The zero-order valence-electron chi connectivity index (χ0n) is 12.4. The third-order valence-electron chi connectivity index (χ3n) is 3.15. The van der Waals surface area contributed by atoms with E-state index in [-0.39, 0.29) is 18.7 Å². The van der Waals surface area contributed by atoms with Gasteiger partial charge in [0.15, 0.2) is 0 Å². The molecule has 0 aromatic heterocycles. The molecule has 1 aliphatic rings. The van der Waals surface area contributed by atoms with Gasteiger partial charge < -0.3 is 20.1 Å². The van der Waals surface area contributed by atoms with E-state index in [0.717, 1.165) is 45.3 Å². The van der Waals surface area contributed by atoms with Crippen LogP contribution in [0.1, 0.15) is 46.5 Å². The van der Waals surface area contributed by atoms with E-state index in [1.54, 1.807) is 0 Å². The van der Waals surface area contributed by atoms with Crippen molar-refractivity contribution < 1.29 is 14.6 Å². The SMILES string of the molecule is CC(C)(C)OC(=O)N1CCCCC1CNCCCO. The highest BCUT2D eigenvalue weighted by Crippen LogP contribution is 2.19. The van der Waals surface area contributed by atoms with E-state index in [1.165, 1.54) is 0 Å². The minimum absolute atomic E-state index is 0.202. The molecule has 0 aliphatic carbocycles. The second-order valence-corrected chi connectivity index (χ2v) is 6.10. The van der Waals surface area contributed by atoms with Crippen LogP contribution >= 0.6 is 0 Å². The highest BCUT2D eigenvalue weighted by molar-refractivity contribution is 5.68. The van der Waals surface area contributed by atoms with E-state index >= 15 is 0 Å². The van der Waals surface area contributed by atoms with Gasteiger partial charge in [-0.1, -0.05) is 0 Å². The molecule has 112 valence electrons. The molecule has 1 unspecified atom stereocenters. The first-order valence-electron chi connectivity index (χ1n) is 7.25. The average Bonchev–Trinajstić information content (AvgIpc) is 2.33. The van der Waals surface area contributed by atoms with Gasteiger partial charge in [0.25, 0.3) is 0 Å². The smallest absolute Gasteiger partial charge is 0.410 e. The molecule has 0 bridgehead atoms. The number of aliphatic hydroxyl groups excluding tert-OH is 1. The summed E-state index contributed by atoms with van der Waals surface area (Å²) in [6.45, 7) is 8.22. The fourth-order valence-electron chi connectivity index (χ4n) is 2.25. The van der Waals surface area contributed by atoms with Gasteiger partial charge in [0.1, 0.15) is 5.60 Å². The minimum Gasteiger partial charge on any atom is -0.444 e. The van der Waals surface area contributed by atoms with Gasteiger partial charge in [0.2, 0.25) is 0 Å². The average molecular weight is 272 g/mol. The predicted octanol–water partition coefficient (Wildman–Crippen LogP) is 1.75.